The predicted octanol–water partition coefficient (Wildman–Crippen LogP) is 5.72. The van der Waals surface area contributed by atoms with Crippen LogP contribution >= 0.6 is 15.9 Å². The Morgan fingerprint density at radius 3 is 2.29 bits per heavy atom. The first-order chi connectivity index (χ1) is 15.1. The molecule has 3 aromatic carbocycles. The molecule has 3 aromatic rings. The summed E-state index contributed by atoms with van der Waals surface area (Å²) in [5, 5.41) is 6.34. The van der Waals surface area contributed by atoms with Gasteiger partial charge < -0.3 is 20.1 Å². The third-order valence-corrected chi connectivity index (χ3v) is 5.47. The van der Waals surface area contributed by atoms with Gasteiger partial charge >= 0.3 is 0 Å². The minimum atomic E-state index is -0.229. The van der Waals surface area contributed by atoms with Crippen LogP contribution in [0.1, 0.15) is 31.0 Å². The molecule has 0 aliphatic carbocycles. The van der Waals surface area contributed by atoms with Crippen molar-refractivity contribution in [2.75, 3.05) is 18.5 Å². The van der Waals surface area contributed by atoms with E-state index in [4.69, 9.17) is 9.47 Å². The molecule has 0 radical (unpaired) electrons. The molecule has 0 bridgehead atoms. The van der Waals surface area contributed by atoms with Crippen LogP contribution in [0.25, 0.3) is 0 Å². The Kier molecular flexibility index (Phi) is 8.50. The van der Waals surface area contributed by atoms with Crippen LogP contribution in [0.2, 0.25) is 0 Å². The summed E-state index contributed by atoms with van der Waals surface area (Å²) >= 11 is 3.62. The maximum absolute atomic E-state index is 12.2. The van der Waals surface area contributed by atoms with Crippen molar-refractivity contribution in [3.05, 3.63) is 88.4 Å². The Balaban J connectivity index is 1.64. The average Bonchev–Trinajstić information content (AvgIpc) is 2.79. The molecule has 0 fully saturated rings. The summed E-state index contributed by atoms with van der Waals surface area (Å²) in [6.07, 6.45) is 0. The van der Waals surface area contributed by atoms with Crippen LogP contribution in [0.4, 0.5) is 5.69 Å². The minimum absolute atomic E-state index is 0.107. The second kappa shape index (κ2) is 11.5. The molecule has 0 saturated carbocycles. The van der Waals surface area contributed by atoms with Gasteiger partial charge in [-0.05, 0) is 49.2 Å². The lowest BCUT2D eigenvalue weighted by atomic mass is 10.1. The number of benzene rings is 3. The molecule has 0 heterocycles. The SMILES string of the molecule is CCOc1cc(CN[C@H](C)c2ccccc2)c(Br)cc1OCC(=O)Nc1ccccc1. The maximum Gasteiger partial charge on any atom is 0.262 e. The summed E-state index contributed by atoms with van der Waals surface area (Å²) in [6.45, 7) is 5.11. The van der Waals surface area contributed by atoms with Gasteiger partial charge in [-0.3, -0.25) is 4.79 Å². The Labute approximate surface area is 191 Å². The van der Waals surface area contributed by atoms with Gasteiger partial charge in [0, 0.05) is 22.7 Å². The lowest BCUT2D eigenvalue weighted by Crippen LogP contribution is -2.20. The van der Waals surface area contributed by atoms with E-state index in [-0.39, 0.29) is 18.6 Å². The highest BCUT2D eigenvalue weighted by Crippen LogP contribution is 2.34. The van der Waals surface area contributed by atoms with Crippen LogP contribution < -0.4 is 20.1 Å². The third-order valence-electron chi connectivity index (χ3n) is 4.73. The van der Waals surface area contributed by atoms with Crippen LogP contribution in [-0.2, 0) is 11.3 Å². The zero-order chi connectivity index (χ0) is 22.1. The van der Waals surface area contributed by atoms with Crippen molar-refractivity contribution in [2.45, 2.75) is 26.4 Å². The number of hydrogen-bond acceptors (Lipinski definition) is 4. The van der Waals surface area contributed by atoms with Gasteiger partial charge in [0.2, 0.25) is 0 Å². The number of carbonyl (C=O) groups excluding carboxylic acids is 1. The number of amides is 1. The maximum atomic E-state index is 12.2. The first-order valence-electron chi connectivity index (χ1n) is 10.3. The van der Waals surface area contributed by atoms with E-state index < -0.39 is 0 Å². The molecule has 5 nitrogen and oxygen atoms in total. The van der Waals surface area contributed by atoms with Gasteiger partial charge in [-0.25, -0.2) is 0 Å². The van der Waals surface area contributed by atoms with Gasteiger partial charge in [0.05, 0.1) is 6.61 Å². The van der Waals surface area contributed by atoms with E-state index in [1.165, 1.54) is 5.56 Å². The molecular formula is C25H27BrN2O3. The first kappa shape index (κ1) is 22.8. The minimum Gasteiger partial charge on any atom is -0.490 e. The van der Waals surface area contributed by atoms with E-state index in [1.54, 1.807) is 0 Å². The summed E-state index contributed by atoms with van der Waals surface area (Å²) in [4.78, 5) is 12.2. The monoisotopic (exact) mass is 482 g/mol. The Morgan fingerprint density at radius 2 is 1.61 bits per heavy atom. The standard InChI is InChI=1S/C25H27BrN2O3/c1-3-30-23-14-20(16-27-18(2)19-10-6-4-7-11-19)22(26)15-24(23)31-17-25(29)28-21-12-8-5-9-13-21/h4-15,18,27H,3,16-17H2,1-2H3,(H,28,29)/t18-/m1/s1. The molecule has 0 aromatic heterocycles. The molecule has 0 aliphatic rings. The molecular weight excluding hydrogens is 456 g/mol. The summed E-state index contributed by atoms with van der Waals surface area (Å²) in [7, 11) is 0. The van der Waals surface area contributed by atoms with Crippen LogP contribution in [0, 0.1) is 0 Å². The Hall–Kier alpha value is -2.83. The van der Waals surface area contributed by atoms with Gasteiger partial charge in [0.25, 0.3) is 5.91 Å². The number of nitrogens with one attached hydrogen (secondary N) is 2. The van der Waals surface area contributed by atoms with Crippen LogP contribution in [0.3, 0.4) is 0 Å². The molecule has 31 heavy (non-hydrogen) atoms. The fourth-order valence-corrected chi connectivity index (χ4v) is 3.54. The molecule has 162 valence electrons. The third kappa shape index (κ3) is 6.84. The van der Waals surface area contributed by atoms with Crippen molar-refractivity contribution in [3.8, 4) is 11.5 Å². The second-order valence-electron chi connectivity index (χ2n) is 7.04. The Morgan fingerprint density at radius 1 is 0.968 bits per heavy atom. The van der Waals surface area contributed by atoms with Crippen molar-refractivity contribution < 1.29 is 14.3 Å². The summed E-state index contributed by atoms with van der Waals surface area (Å²) in [6, 6.07) is 23.6. The van der Waals surface area contributed by atoms with E-state index in [9.17, 15) is 4.79 Å². The lowest BCUT2D eigenvalue weighted by molar-refractivity contribution is -0.118. The van der Waals surface area contributed by atoms with Crippen molar-refractivity contribution in [1.29, 1.82) is 0 Å². The van der Waals surface area contributed by atoms with Gasteiger partial charge in [-0.2, -0.15) is 0 Å². The van der Waals surface area contributed by atoms with Crippen molar-refractivity contribution >= 4 is 27.5 Å². The zero-order valence-electron chi connectivity index (χ0n) is 17.7. The topological polar surface area (TPSA) is 59.6 Å². The normalized spacial score (nSPS) is 11.6. The number of halogens is 1. The van der Waals surface area contributed by atoms with Crippen LogP contribution in [0.15, 0.2) is 77.3 Å². The van der Waals surface area contributed by atoms with Crippen LogP contribution in [-0.4, -0.2) is 19.1 Å². The molecule has 6 heteroatoms. The summed E-state index contributed by atoms with van der Waals surface area (Å²) in [5.41, 5.74) is 3.01. The highest BCUT2D eigenvalue weighted by molar-refractivity contribution is 9.10. The molecule has 0 aliphatic heterocycles. The second-order valence-corrected chi connectivity index (χ2v) is 7.89. The molecule has 0 unspecified atom stereocenters. The predicted molar refractivity (Wildman–Crippen MR) is 128 cm³/mol. The number of ether oxygens (including phenoxy) is 2. The number of hydrogen-bond donors (Lipinski definition) is 2. The van der Waals surface area contributed by atoms with Crippen molar-refractivity contribution in [1.82, 2.24) is 5.32 Å². The summed E-state index contributed by atoms with van der Waals surface area (Å²) < 4.78 is 12.4. The number of carbonyl (C=O) groups is 1. The van der Waals surface area contributed by atoms with Crippen molar-refractivity contribution in [3.63, 3.8) is 0 Å². The number of rotatable bonds is 10. The number of anilines is 1. The molecule has 0 spiro atoms. The molecule has 1 amide bonds. The average molecular weight is 483 g/mol. The van der Waals surface area contributed by atoms with E-state index in [0.29, 0.717) is 24.7 Å². The van der Waals surface area contributed by atoms with E-state index in [0.717, 1.165) is 15.7 Å². The molecule has 0 saturated heterocycles. The quantitative estimate of drug-likeness (QED) is 0.388. The lowest BCUT2D eigenvalue weighted by Gasteiger charge is -2.18. The van der Waals surface area contributed by atoms with Gasteiger partial charge in [-0.15, -0.1) is 0 Å². The molecule has 1 atom stereocenters. The van der Waals surface area contributed by atoms with E-state index >= 15 is 0 Å². The molecule has 3 rings (SSSR count). The highest BCUT2D eigenvalue weighted by atomic mass is 79.9. The fourth-order valence-electron chi connectivity index (χ4n) is 3.08. The summed E-state index contributed by atoms with van der Waals surface area (Å²) in [5.74, 6) is 0.909. The zero-order valence-corrected chi connectivity index (χ0v) is 19.3. The number of para-hydroxylation sites is 1. The Bertz CT molecular complexity index is 981. The van der Waals surface area contributed by atoms with Gasteiger partial charge in [0.15, 0.2) is 18.1 Å². The first-order valence-corrected chi connectivity index (χ1v) is 11.1. The largest absolute Gasteiger partial charge is 0.490 e. The van der Waals surface area contributed by atoms with Crippen molar-refractivity contribution in [2.24, 2.45) is 0 Å². The van der Waals surface area contributed by atoms with E-state index in [2.05, 4.69) is 45.6 Å². The fraction of sp³-hybridized carbons (Fsp3) is 0.240. The van der Waals surface area contributed by atoms with Crippen LogP contribution in [0.5, 0.6) is 11.5 Å². The van der Waals surface area contributed by atoms with E-state index in [1.807, 2.05) is 67.6 Å². The highest BCUT2D eigenvalue weighted by Gasteiger charge is 2.14. The van der Waals surface area contributed by atoms with Gasteiger partial charge in [-0.1, -0.05) is 64.5 Å². The molecule has 2 N–H and O–H groups in total. The van der Waals surface area contributed by atoms with Gasteiger partial charge in [0.1, 0.15) is 0 Å². The smallest absolute Gasteiger partial charge is 0.262 e.